The zero-order valence-corrected chi connectivity index (χ0v) is 15.5. The van der Waals surface area contributed by atoms with E-state index in [1.807, 2.05) is 17.5 Å². The van der Waals surface area contributed by atoms with Gasteiger partial charge in [0.25, 0.3) is 5.56 Å². The lowest BCUT2D eigenvalue weighted by molar-refractivity contribution is 0.412. The zero-order chi connectivity index (χ0) is 15.1. The Balaban J connectivity index is 2.40. The van der Waals surface area contributed by atoms with Crippen molar-refractivity contribution in [2.45, 2.75) is 0 Å². The van der Waals surface area contributed by atoms with Gasteiger partial charge in [0.1, 0.15) is 10.4 Å². The number of nitrogens with one attached hydrogen (secondary N) is 1. The first-order chi connectivity index (χ1) is 10.0. The fourth-order valence-corrected chi connectivity index (χ4v) is 4.41. The van der Waals surface area contributed by atoms with E-state index in [4.69, 9.17) is 17.0 Å². The second kappa shape index (κ2) is 5.68. The number of hydrogen-bond acceptors (Lipinski definition) is 4. The van der Waals surface area contributed by atoms with Crippen molar-refractivity contribution in [3.05, 3.63) is 47.6 Å². The van der Waals surface area contributed by atoms with Crippen molar-refractivity contribution in [1.82, 2.24) is 9.55 Å². The minimum absolute atomic E-state index is 0.145. The number of H-pyrrole nitrogens is 1. The van der Waals surface area contributed by atoms with Crippen molar-refractivity contribution < 1.29 is 4.74 Å². The molecular weight excluding hydrogens is 440 g/mol. The highest BCUT2D eigenvalue weighted by atomic mass is 79.9. The number of thiophene rings is 1. The molecule has 0 bridgehead atoms. The van der Waals surface area contributed by atoms with Crippen LogP contribution in [0.3, 0.4) is 0 Å². The molecule has 0 radical (unpaired) electrons. The van der Waals surface area contributed by atoms with E-state index in [0.717, 1.165) is 14.5 Å². The number of benzene rings is 1. The second-order valence-electron chi connectivity index (χ2n) is 4.17. The molecule has 0 saturated carbocycles. The fraction of sp³-hybridized carbons (Fsp3) is 0.0769. The third-order valence-corrected chi connectivity index (χ3v) is 5.41. The highest BCUT2D eigenvalue weighted by molar-refractivity contribution is 9.11. The van der Waals surface area contributed by atoms with Crippen molar-refractivity contribution in [3.8, 4) is 11.4 Å². The molecular formula is C13H8Br2N2O2S2. The average Bonchev–Trinajstić information content (AvgIpc) is 2.89. The maximum absolute atomic E-state index is 12.7. The summed E-state index contributed by atoms with van der Waals surface area (Å²) in [4.78, 5) is 15.7. The molecule has 0 fully saturated rings. The standard InChI is InChI=1S/C13H8Br2N2O2S2/c1-19-10-5-9(6(14)4-7(10)15)17-12(18)11-8(2-3-21-11)16-13(17)20/h2-5H,1H3,(H,16,20). The lowest BCUT2D eigenvalue weighted by atomic mass is 10.3. The lowest BCUT2D eigenvalue weighted by Crippen LogP contribution is -2.20. The Morgan fingerprint density at radius 2 is 2.10 bits per heavy atom. The van der Waals surface area contributed by atoms with E-state index in [-0.39, 0.29) is 5.56 Å². The minimum Gasteiger partial charge on any atom is -0.495 e. The minimum atomic E-state index is -0.145. The van der Waals surface area contributed by atoms with E-state index in [2.05, 4.69) is 36.8 Å². The van der Waals surface area contributed by atoms with Gasteiger partial charge >= 0.3 is 0 Å². The van der Waals surface area contributed by atoms with Gasteiger partial charge in [0.2, 0.25) is 0 Å². The van der Waals surface area contributed by atoms with Crippen LogP contribution in [-0.4, -0.2) is 16.7 Å². The summed E-state index contributed by atoms with van der Waals surface area (Å²) in [6.45, 7) is 0. The van der Waals surface area contributed by atoms with Crippen molar-refractivity contribution in [2.75, 3.05) is 7.11 Å². The molecule has 21 heavy (non-hydrogen) atoms. The molecule has 2 heterocycles. The van der Waals surface area contributed by atoms with Crippen LogP contribution >= 0.6 is 55.4 Å². The molecule has 1 aromatic carbocycles. The molecule has 0 aliphatic carbocycles. The number of halogens is 2. The Morgan fingerprint density at radius 3 is 2.81 bits per heavy atom. The molecule has 0 saturated heterocycles. The molecule has 2 aromatic heterocycles. The third kappa shape index (κ3) is 2.50. The Kier molecular flexibility index (Phi) is 4.04. The molecule has 0 aliphatic heterocycles. The molecule has 0 unspecified atom stereocenters. The number of ether oxygens (including phenoxy) is 1. The van der Waals surface area contributed by atoms with E-state index in [1.54, 1.807) is 13.2 Å². The molecule has 0 aliphatic rings. The SMILES string of the molecule is COc1cc(-n2c(=S)[nH]c3ccsc3c2=O)c(Br)cc1Br. The monoisotopic (exact) mass is 446 g/mol. The summed E-state index contributed by atoms with van der Waals surface area (Å²) >= 11 is 13.6. The summed E-state index contributed by atoms with van der Waals surface area (Å²) in [5.74, 6) is 0.626. The van der Waals surface area contributed by atoms with Gasteiger partial charge in [0.05, 0.1) is 22.8 Å². The van der Waals surface area contributed by atoms with Gasteiger partial charge < -0.3 is 9.72 Å². The van der Waals surface area contributed by atoms with Gasteiger partial charge in [-0.25, -0.2) is 0 Å². The van der Waals surface area contributed by atoms with E-state index < -0.39 is 0 Å². The number of fused-ring (bicyclic) bond motifs is 1. The van der Waals surface area contributed by atoms with Crippen molar-refractivity contribution in [1.29, 1.82) is 0 Å². The molecule has 3 rings (SSSR count). The van der Waals surface area contributed by atoms with Crippen molar-refractivity contribution >= 4 is 65.6 Å². The van der Waals surface area contributed by atoms with Crippen LogP contribution in [0.2, 0.25) is 0 Å². The lowest BCUT2D eigenvalue weighted by Gasteiger charge is -2.12. The van der Waals surface area contributed by atoms with Crippen LogP contribution in [0.1, 0.15) is 0 Å². The highest BCUT2D eigenvalue weighted by Crippen LogP contribution is 2.33. The summed E-state index contributed by atoms with van der Waals surface area (Å²) in [5.41, 5.74) is 1.25. The molecule has 8 heteroatoms. The summed E-state index contributed by atoms with van der Waals surface area (Å²) in [6.07, 6.45) is 0. The van der Waals surface area contributed by atoms with E-state index in [0.29, 0.717) is 20.9 Å². The van der Waals surface area contributed by atoms with Gasteiger partial charge in [-0.1, -0.05) is 0 Å². The third-order valence-electron chi connectivity index (χ3n) is 2.97. The van der Waals surface area contributed by atoms with Crippen LogP contribution in [-0.2, 0) is 0 Å². The first kappa shape index (κ1) is 15.0. The number of rotatable bonds is 2. The van der Waals surface area contributed by atoms with Gasteiger partial charge in [-0.05, 0) is 61.6 Å². The number of aromatic nitrogens is 2. The van der Waals surface area contributed by atoms with Crippen LogP contribution in [0, 0.1) is 4.77 Å². The summed E-state index contributed by atoms with van der Waals surface area (Å²) in [5, 5.41) is 1.86. The Labute approximate surface area is 145 Å². The smallest absolute Gasteiger partial charge is 0.276 e. The van der Waals surface area contributed by atoms with E-state index in [1.165, 1.54) is 15.9 Å². The summed E-state index contributed by atoms with van der Waals surface area (Å²) in [6, 6.07) is 5.44. The zero-order valence-electron chi connectivity index (χ0n) is 10.6. The summed E-state index contributed by atoms with van der Waals surface area (Å²) in [7, 11) is 1.57. The van der Waals surface area contributed by atoms with Gasteiger partial charge in [0.15, 0.2) is 4.77 Å². The fourth-order valence-electron chi connectivity index (χ4n) is 2.00. The van der Waals surface area contributed by atoms with Crippen LogP contribution < -0.4 is 10.3 Å². The number of nitrogens with zero attached hydrogens (tertiary/aromatic N) is 1. The predicted octanol–water partition coefficient (Wildman–Crippen LogP) is 4.64. The Morgan fingerprint density at radius 1 is 1.33 bits per heavy atom. The van der Waals surface area contributed by atoms with Gasteiger partial charge in [-0.3, -0.25) is 9.36 Å². The molecule has 0 spiro atoms. The quantitative estimate of drug-likeness (QED) is 0.582. The average molecular weight is 448 g/mol. The van der Waals surface area contributed by atoms with Gasteiger partial charge in [-0.2, -0.15) is 0 Å². The molecule has 3 aromatic rings. The largest absolute Gasteiger partial charge is 0.495 e. The summed E-state index contributed by atoms with van der Waals surface area (Å²) < 4.78 is 9.27. The molecule has 0 atom stereocenters. The Hall–Kier alpha value is -0.960. The second-order valence-corrected chi connectivity index (χ2v) is 7.18. The highest BCUT2D eigenvalue weighted by Gasteiger charge is 2.14. The molecule has 0 amide bonds. The number of aromatic amines is 1. The Bertz CT molecular complexity index is 959. The van der Waals surface area contributed by atoms with Gasteiger partial charge in [0, 0.05) is 10.5 Å². The predicted molar refractivity (Wildman–Crippen MR) is 94.6 cm³/mol. The normalized spacial score (nSPS) is 11.0. The van der Waals surface area contributed by atoms with E-state index in [9.17, 15) is 4.79 Å². The maximum atomic E-state index is 12.7. The first-order valence-electron chi connectivity index (χ1n) is 5.79. The van der Waals surface area contributed by atoms with Gasteiger partial charge in [-0.15, -0.1) is 11.3 Å². The van der Waals surface area contributed by atoms with Crippen molar-refractivity contribution in [2.24, 2.45) is 0 Å². The topological polar surface area (TPSA) is 47.0 Å². The first-order valence-corrected chi connectivity index (χ1v) is 8.66. The maximum Gasteiger partial charge on any atom is 0.276 e. The van der Waals surface area contributed by atoms with Crippen LogP contribution in [0.25, 0.3) is 15.9 Å². The molecule has 1 N–H and O–H groups in total. The van der Waals surface area contributed by atoms with Crippen molar-refractivity contribution in [3.63, 3.8) is 0 Å². The van der Waals surface area contributed by atoms with Crippen LogP contribution in [0.4, 0.5) is 0 Å². The number of methoxy groups -OCH3 is 1. The van der Waals surface area contributed by atoms with Crippen LogP contribution in [0.15, 0.2) is 37.3 Å². The number of hydrogen-bond donors (Lipinski definition) is 1. The van der Waals surface area contributed by atoms with Crippen LogP contribution in [0.5, 0.6) is 5.75 Å². The van der Waals surface area contributed by atoms with E-state index >= 15 is 0 Å². The molecule has 108 valence electrons. The molecule has 4 nitrogen and oxygen atoms in total.